The Labute approximate surface area is 179 Å². The van der Waals surface area contributed by atoms with E-state index in [4.69, 9.17) is 12.2 Å². The molecule has 1 saturated carbocycles. The molecule has 1 aromatic carbocycles. The summed E-state index contributed by atoms with van der Waals surface area (Å²) in [6.45, 7) is 2.02. The lowest BCUT2D eigenvalue weighted by atomic mass is 9.77. The molecule has 5 atom stereocenters. The molecule has 29 heavy (non-hydrogen) atoms. The summed E-state index contributed by atoms with van der Waals surface area (Å²) in [5.41, 5.74) is 0.835. The van der Waals surface area contributed by atoms with Gasteiger partial charge in [-0.2, -0.15) is 0 Å². The van der Waals surface area contributed by atoms with Crippen molar-refractivity contribution >= 4 is 46.6 Å². The van der Waals surface area contributed by atoms with Crippen molar-refractivity contribution in [2.24, 2.45) is 5.92 Å². The van der Waals surface area contributed by atoms with Gasteiger partial charge in [-0.15, -0.1) is 11.8 Å². The maximum absolute atomic E-state index is 12.9. The van der Waals surface area contributed by atoms with E-state index in [1.54, 1.807) is 11.8 Å². The Hall–Kier alpha value is -1.88. The number of amides is 2. The third-order valence-electron chi connectivity index (χ3n) is 5.31. The molecule has 2 amide bonds. The molecule has 2 fully saturated rings. The second kappa shape index (κ2) is 9.29. The standard InChI is InChI=1S/C19H26N4O4S2/c1-10(24)20-6-7-21-18(27)13-9-14(25)17(26)15-16(13)23(19(28)22-15)11-4-3-5-12(8-11)29-2/h3-5,8,13-17,25-26H,6-7,9H2,1-2H3,(H,20,24)(H,21,27)(H,22,28)/t13-,14+,15-,16+,17-/m0/s1. The number of thioether (sulfide) groups is 1. The molecule has 0 unspecified atom stereocenters. The molecule has 1 aliphatic heterocycles. The first-order valence-electron chi connectivity index (χ1n) is 9.45. The fourth-order valence-electron chi connectivity index (χ4n) is 3.96. The summed E-state index contributed by atoms with van der Waals surface area (Å²) < 4.78 is 0. The quantitative estimate of drug-likeness (QED) is 0.236. The first-order valence-corrected chi connectivity index (χ1v) is 11.1. The number of anilines is 1. The molecular formula is C19H26N4O4S2. The molecule has 5 N–H and O–H groups in total. The Morgan fingerprint density at radius 1 is 1.31 bits per heavy atom. The normalized spacial score (nSPS) is 28.5. The number of aliphatic hydroxyl groups excluding tert-OH is 2. The maximum atomic E-state index is 12.9. The number of fused-ring (bicyclic) bond motifs is 1. The van der Waals surface area contributed by atoms with Crippen LogP contribution in [0.25, 0.3) is 0 Å². The van der Waals surface area contributed by atoms with Crippen LogP contribution in [0.15, 0.2) is 29.2 Å². The molecule has 0 aromatic heterocycles. The number of carbonyl (C=O) groups excluding carboxylic acids is 2. The average molecular weight is 439 g/mol. The summed E-state index contributed by atoms with van der Waals surface area (Å²) in [4.78, 5) is 26.8. The molecule has 1 aliphatic carbocycles. The van der Waals surface area contributed by atoms with E-state index in [2.05, 4.69) is 16.0 Å². The van der Waals surface area contributed by atoms with Gasteiger partial charge < -0.3 is 31.1 Å². The van der Waals surface area contributed by atoms with E-state index in [0.29, 0.717) is 11.7 Å². The smallest absolute Gasteiger partial charge is 0.225 e. The molecule has 0 radical (unpaired) electrons. The van der Waals surface area contributed by atoms with E-state index >= 15 is 0 Å². The van der Waals surface area contributed by atoms with Crippen molar-refractivity contribution in [3.05, 3.63) is 24.3 Å². The number of thiocarbonyl (C=S) groups is 1. The zero-order valence-electron chi connectivity index (χ0n) is 16.3. The van der Waals surface area contributed by atoms with Gasteiger partial charge in [0.15, 0.2) is 5.11 Å². The van der Waals surface area contributed by atoms with Crippen molar-refractivity contribution < 1.29 is 19.8 Å². The Kier molecular flexibility index (Phi) is 6.99. The highest BCUT2D eigenvalue weighted by molar-refractivity contribution is 7.98. The van der Waals surface area contributed by atoms with Crippen LogP contribution >= 0.6 is 24.0 Å². The lowest BCUT2D eigenvalue weighted by molar-refractivity contribution is -0.131. The number of hydrogen-bond donors (Lipinski definition) is 5. The number of nitrogens with one attached hydrogen (secondary N) is 3. The Morgan fingerprint density at radius 2 is 2.03 bits per heavy atom. The highest BCUT2D eigenvalue weighted by Gasteiger charge is 2.53. The highest BCUT2D eigenvalue weighted by atomic mass is 32.2. The van der Waals surface area contributed by atoms with E-state index in [1.165, 1.54) is 6.92 Å². The molecule has 8 nitrogen and oxygen atoms in total. The summed E-state index contributed by atoms with van der Waals surface area (Å²) in [6, 6.07) is 6.83. The molecule has 1 aromatic rings. The molecule has 1 heterocycles. The van der Waals surface area contributed by atoms with E-state index < -0.39 is 30.2 Å². The SMILES string of the molecule is CSc1cccc(N2C(=S)N[C@@H]3[C@@H](O)[C@H](O)C[C@H](C(=O)NCCNC(C)=O)[C@H]32)c1. The number of aliphatic hydroxyl groups is 2. The highest BCUT2D eigenvalue weighted by Crippen LogP contribution is 2.37. The summed E-state index contributed by atoms with van der Waals surface area (Å²) in [5, 5.41) is 29.8. The number of rotatable bonds is 6. The third kappa shape index (κ3) is 4.66. The van der Waals surface area contributed by atoms with Gasteiger partial charge in [-0.1, -0.05) is 6.07 Å². The first kappa shape index (κ1) is 21.8. The van der Waals surface area contributed by atoms with Gasteiger partial charge in [-0.05, 0) is 43.1 Å². The number of hydrogen-bond acceptors (Lipinski definition) is 6. The third-order valence-corrected chi connectivity index (χ3v) is 6.35. The van der Waals surface area contributed by atoms with Crippen LogP contribution in [0.2, 0.25) is 0 Å². The van der Waals surface area contributed by atoms with Gasteiger partial charge in [0.1, 0.15) is 6.10 Å². The molecule has 10 heteroatoms. The van der Waals surface area contributed by atoms with Gasteiger partial charge in [0.25, 0.3) is 0 Å². The number of nitrogens with zero attached hydrogens (tertiary/aromatic N) is 1. The van der Waals surface area contributed by atoms with Gasteiger partial charge in [0.05, 0.1) is 24.1 Å². The minimum absolute atomic E-state index is 0.122. The van der Waals surface area contributed by atoms with Crippen molar-refractivity contribution in [2.45, 2.75) is 42.5 Å². The van der Waals surface area contributed by atoms with Gasteiger partial charge >= 0.3 is 0 Å². The summed E-state index contributed by atoms with van der Waals surface area (Å²) in [7, 11) is 0. The van der Waals surface area contributed by atoms with E-state index in [1.807, 2.05) is 35.4 Å². The van der Waals surface area contributed by atoms with Crippen molar-refractivity contribution in [1.82, 2.24) is 16.0 Å². The zero-order valence-corrected chi connectivity index (χ0v) is 17.9. The molecular weight excluding hydrogens is 412 g/mol. The van der Waals surface area contributed by atoms with Crippen LogP contribution in [-0.4, -0.2) is 70.8 Å². The Bertz CT molecular complexity index is 793. The summed E-state index contributed by atoms with van der Waals surface area (Å²) >= 11 is 7.12. The first-order chi connectivity index (χ1) is 13.8. The van der Waals surface area contributed by atoms with Crippen molar-refractivity contribution in [3.63, 3.8) is 0 Å². The molecule has 0 bridgehead atoms. The van der Waals surface area contributed by atoms with E-state index in [-0.39, 0.29) is 24.8 Å². The second-order valence-corrected chi connectivity index (χ2v) is 8.48. The Morgan fingerprint density at radius 3 is 2.72 bits per heavy atom. The zero-order chi connectivity index (χ0) is 21.1. The fourth-order valence-corrected chi connectivity index (χ4v) is 4.77. The molecule has 1 saturated heterocycles. The minimum atomic E-state index is -1.03. The lowest BCUT2D eigenvalue weighted by Gasteiger charge is -2.41. The fraction of sp³-hybridized carbons (Fsp3) is 0.526. The van der Waals surface area contributed by atoms with Crippen LogP contribution in [0.5, 0.6) is 0 Å². The predicted molar refractivity (Wildman–Crippen MR) is 116 cm³/mol. The van der Waals surface area contributed by atoms with Crippen molar-refractivity contribution in [2.75, 3.05) is 24.2 Å². The number of benzene rings is 1. The van der Waals surface area contributed by atoms with Crippen LogP contribution in [0.1, 0.15) is 13.3 Å². The van der Waals surface area contributed by atoms with Gasteiger partial charge in [0, 0.05) is 30.6 Å². The Balaban J connectivity index is 1.84. The molecule has 0 spiro atoms. The summed E-state index contributed by atoms with van der Waals surface area (Å²) in [5.74, 6) is -0.990. The maximum Gasteiger partial charge on any atom is 0.225 e. The van der Waals surface area contributed by atoms with Crippen LogP contribution in [0.4, 0.5) is 5.69 Å². The summed E-state index contributed by atoms with van der Waals surface area (Å²) in [6.07, 6.45) is 0.0384. The van der Waals surface area contributed by atoms with Crippen LogP contribution in [0, 0.1) is 5.92 Å². The van der Waals surface area contributed by atoms with Gasteiger partial charge in [-0.3, -0.25) is 9.59 Å². The van der Waals surface area contributed by atoms with Crippen LogP contribution in [0.3, 0.4) is 0 Å². The van der Waals surface area contributed by atoms with Crippen molar-refractivity contribution in [1.29, 1.82) is 0 Å². The van der Waals surface area contributed by atoms with Crippen LogP contribution in [-0.2, 0) is 9.59 Å². The van der Waals surface area contributed by atoms with Crippen LogP contribution < -0.4 is 20.9 Å². The van der Waals surface area contributed by atoms with E-state index in [0.717, 1.165) is 10.6 Å². The molecule has 2 aliphatic rings. The number of carbonyl (C=O) groups is 2. The van der Waals surface area contributed by atoms with Gasteiger partial charge in [0.2, 0.25) is 11.8 Å². The topological polar surface area (TPSA) is 114 Å². The van der Waals surface area contributed by atoms with Gasteiger partial charge in [-0.25, -0.2) is 0 Å². The minimum Gasteiger partial charge on any atom is -0.390 e. The molecule has 3 rings (SSSR count). The monoisotopic (exact) mass is 438 g/mol. The van der Waals surface area contributed by atoms with E-state index in [9.17, 15) is 19.8 Å². The molecule has 158 valence electrons. The predicted octanol–water partition coefficient (Wildman–Crippen LogP) is -0.166. The largest absolute Gasteiger partial charge is 0.390 e. The second-order valence-electron chi connectivity index (χ2n) is 7.21. The average Bonchev–Trinajstić information content (AvgIpc) is 3.05. The lowest BCUT2D eigenvalue weighted by Crippen LogP contribution is -2.61. The van der Waals surface area contributed by atoms with Crippen molar-refractivity contribution in [3.8, 4) is 0 Å².